The number of nitrogens with zero attached hydrogens (tertiary/aromatic N) is 3. The average molecular weight is 494 g/mol. The van der Waals surface area contributed by atoms with Crippen molar-refractivity contribution < 1.29 is 13.2 Å². The minimum Gasteiger partial charge on any atom is -0.309 e. The number of hydrogen-bond donors (Lipinski definition) is 0. The molecule has 9 heteroatoms. The Morgan fingerprint density at radius 2 is 1.81 bits per heavy atom. The number of sulfone groups is 1. The lowest BCUT2D eigenvalue weighted by molar-refractivity contribution is -0.118. The van der Waals surface area contributed by atoms with Gasteiger partial charge in [-0.2, -0.15) is 0 Å². The van der Waals surface area contributed by atoms with Crippen LogP contribution in [0.2, 0.25) is 5.02 Å². The van der Waals surface area contributed by atoms with Crippen LogP contribution in [0.3, 0.4) is 0 Å². The summed E-state index contributed by atoms with van der Waals surface area (Å²) in [6.07, 6.45) is 1.51. The molecular weight excluding hydrogens is 466 g/mol. The maximum absolute atomic E-state index is 13.2. The van der Waals surface area contributed by atoms with Gasteiger partial charge in [0, 0.05) is 18.0 Å². The van der Waals surface area contributed by atoms with Gasteiger partial charge in [0.15, 0.2) is 15.0 Å². The van der Waals surface area contributed by atoms with Gasteiger partial charge in [0.25, 0.3) is 0 Å². The summed E-state index contributed by atoms with van der Waals surface area (Å²) in [5.74, 6) is -0.499. The molecule has 6 nitrogen and oxygen atoms in total. The Kier molecular flexibility index (Phi) is 8.27. The number of carbonyl (C=O) groups is 1. The first-order valence-corrected chi connectivity index (χ1v) is 13.4. The number of halogens is 1. The van der Waals surface area contributed by atoms with Crippen LogP contribution >= 0.6 is 22.9 Å². The molecule has 32 heavy (non-hydrogen) atoms. The van der Waals surface area contributed by atoms with Crippen molar-refractivity contribution in [1.82, 2.24) is 9.88 Å². The molecule has 0 saturated heterocycles. The molecule has 1 aromatic heterocycles. The van der Waals surface area contributed by atoms with E-state index in [9.17, 15) is 13.2 Å². The van der Waals surface area contributed by atoms with Crippen molar-refractivity contribution in [2.75, 3.05) is 37.8 Å². The summed E-state index contributed by atoms with van der Waals surface area (Å²) in [5.41, 5.74) is 2.05. The highest BCUT2D eigenvalue weighted by atomic mass is 35.5. The molecule has 0 aliphatic carbocycles. The van der Waals surface area contributed by atoms with Crippen LogP contribution in [0.4, 0.5) is 5.13 Å². The molecule has 1 heterocycles. The Balaban J connectivity index is 1.81. The number of rotatable bonds is 10. The van der Waals surface area contributed by atoms with E-state index in [0.717, 1.165) is 35.2 Å². The van der Waals surface area contributed by atoms with Crippen LogP contribution in [0, 0.1) is 0 Å². The Bertz CT molecular complexity index is 1170. The second-order valence-electron chi connectivity index (χ2n) is 7.84. The summed E-state index contributed by atoms with van der Waals surface area (Å²) in [6.45, 7) is 3.38. The molecule has 2 aromatic carbocycles. The molecule has 0 unspecified atom stereocenters. The van der Waals surface area contributed by atoms with E-state index in [1.807, 2.05) is 32.3 Å². The Hall–Kier alpha value is -2.00. The third-order valence-electron chi connectivity index (χ3n) is 5.15. The Morgan fingerprint density at radius 3 is 2.47 bits per heavy atom. The summed E-state index contributed by atoms with van der Waals surface area (Å²) in [6, 6.07) is 12.1. The normalized spacial score (nSPS) is 11.9. The maximum atomic E-state index is 13.2. The van der Waals surface area contributed by atoms with E-state index in [4.69, 9.17) is 16.6 Å². The zero-order valence-corrected chi connectivity index (χ0v) is 20.9. The molecule has 0 radical (unpaired) electrons. The third kappa shape index (κ3) is 6.07. The summed E-state index contributed by atoms with van der Waals surface area (Å²) >= 11 is 7.33. The molecular formula is C23H28ClN3O3S2. The van der Waals surface area contributed by atoms with Gasteiger partial charge in [-0.3, -0.25) is 9.69 Å². The molecule has 0 fully saturated rings. The van der Waals surface area contributed by atoms with Gasteiger partial charge in [0.2, 0.25) is 5.91 Å². The minimum atomic E-state index is -3.59. The number of fused-ring (bicyclic) bond motifs is 1. The summed E-state index contributed by atoms with van der Waals surface area (Å²) in [4.78, 5) is 21.8. The first-order chi connectivity index (χ1) is 15.2. The topological polar surface area (TPSA) is 70.6 Å². The highest BCUT2D eigenvalue weighted by Gasteiger charge is 2.23. The first kappa shape index (κ1) is 24.6. The summed E-state index contributed by atoms with van der Waals surface area (Å²) in [5, 5.41) is 1.09. The number of benzene rings is 2. The van der Waals surface area contributed by atoms with Crippen LogP contribution in [0.15, 0.2) is 47.4 Å². The van der Waals surface area contributed by atoms with E-state index in [2.05, 4.69) is 11.8 Å². The number of aromatic nitrogens is 1. The van der Waals surface area contributed by atoms with E-state index in [-0.39, 0.29) is 23.0 Å². The van der Waals surface area contributed by atoms with Crippen LogP contribution in [0.1, 0.15) is 25.3 Å². The number of hydrogen-bond acceptors (Lipinski definition) is 6. The number of thiazole rings is 1. The van der Waals surface area contributed by atoms with Gasteiger partial charge >= 0.3 is 0 Å². The number of para-hydroxylation sites is 1. The van der Waals surface area contributed by atoms with Crippen molar-refractivity contribution in [3.8, 4) is 0 Å². The fraction of sp³-hybridized carbons (Fsp3) is 0.391. The lowest BCUT2D eigenvalue weighted by atomic mass is 10.1. The number of carbonyl (C=O) groups excluding carboxylic acids is 1. The second-order valence-corrected chi connectivity index (χ2v) is 11.4. The van der Waals surface area contributed by atoms with Gasteiger partial charge in [-0.15, -0.1) is 0 Å². The van der Waals surface area contributed by atoms with Crippen molar-refractivity contribution in [3.63, 3.8) is 0 Å². The molecule has 3 aromatic rings. The van der Waals surface area contributed by atoms with Crippen LogP contribution in [0.5, 0.6) is 0 Å². The summed E-state index contributed by atoms with van der Waals surface area (Å²) in [7, 11) is 0.376. The van der Waals surface area contributed by atoms with Gasteiger partial charge in [0.05, 0.1) is 20.9 Å². The third-order valence-corrected chi connectivity index (χ3v) is 8.18. The minimum absolute atomic E-state index is 0.108. The highest BCUT2D eigenvalue weighted by Crippen LogP contribution is 2.31. The molecule has 0 bridgehead atoms. The van der Waals surface area contributed by atoms with Crippen LogP contribution in [0.25, 0.3) is 10.2 Å². The van der Waals surface area contributed by atoms with Crippen LogP contribution in [-0.2, 0) is 21.1 Å². The SMILES string of the molecule is CCc1cccc2sc(N(CCCN(C)C)C(=O)CCS(=O)(=O)c3ccc(Cl)cc3)nc12. The number of amides is 1. The maximum Gasteiger partial charge on any atom is 0.229 e. The van der Waals surface area contributed by atoms with E-state index in [0.29, 0.717) is 16.7 Å². The molecule has 0 aliphatic heterocycles. The van der Waals surface area contributed by atoms with Gasteiger partial charge in [-0.05, 0) is 69.4 Å². The molecule has 0 saturated carbocycles. The van der Waals surface area contributed by atoms with Crippen molar-refractivity contribution in [2.24, 2.45) is 0 Å². The lowest BCUT2D eigenvalue weighted by Gasteiger charge is -2.21. The zero-order chi connectivity index (χ0) is 23.3. The Morgan fingerprint density at radius 1 is 1.09 bits per heavy atom. The fourth-order valence-corrected chi connectivity index (χ4v) is 5.80. The largest absolute Gasteiger partial charge is 0.309 e. The summed E-state index contributed by atoms with van der Waals surface area (Å²) < 4.78 is 26.4. The molecule has 3 rings (SSSR count). The first-order valence-electron chi connectivity index (χ1n) is 10.5. The van der Waals surface area contributed by atoms with E-state index >= 15 is 0 Å². The molecule has 0 aliphatic rings. The quantitative estimate of drug-likeness (QED) is 0.410. The fourth-order valence-electron chi connectivity index (χ4n) is 3.38. The van der Waals surface area contributed by atoms with Gasteiger partial charge in [0.1, 0.15) is 0 Å². The van der Waals surface area contributed by atoms with Gasteiger partial charge < -0.3 is 4.90 Å². The molecule has 0 N–H and O–H groups in total. The smallest absolute Gasteiger partial charge is 0.229 e. The van der Waals surface area contributed by atoms with Gasteiger partial charge in [-0.25, -0.2) is 13.4 Å². The van der Waals surface area contributed by atoms with Crippen molar-refractivity contribution in [3.05, 3.63) is 53.1 Å². The van der Waals surface area contributed by atoms with Crippen molar-refractivity contribution >= 4 is 54.0 Å². The molecule has 0 atom stereocenters. The van der Waals surface area contributed by atoms with Crippen LogP contribution < -0.4 is 4.90 Å². The monoisotopic (exact) mass is 493 g/mol. The van der Waals surface area contributed by atoms with E-state index in [1.165, 1.54) is 35.6 Å². The average Bonchev–Trinajstić information content (AvgIpc) is 3.19. The predicted octanol–water partition coefficient (Wildman–Crippen LogP) is 4.66. The van der Waals surface area contributed by atoms with Crippen molar-refractivity contribution in [1.29, 1.82) is 0 Å². The van der Waals surface area contributed by atoms with Crippen LogP contribution in [-0.4, -0.2) is 57.1 Å². The van der Waals surface area contributed by atoms with E-state index in [1.54, 1.807) is 4.90 Å². The lowest BCUT2D eigenvalue weighted by Crippen LogP contribution is -2.34. The Labute approximate surface area is 198 Å². The second kappa shape index (κ2) is 10.7. The number of anilines is 1. The van der Waals surface area contributed by atoms with Crippen molar-refractivity contribution in [2.45, 2.75) is 31.1 Å². The molecule has 0 spiro atoms. The standard InChI is InChI=1S/C23H28ClN3O3S2/c1-4-17-7-5-8-20-22(17)25-23(31-20)27(15-6-14-26(2)3)21(28)13-16-32(29,30)19-11-9-18(24)10-12-19/h5,7-12H,4,6,13-16H2,1-3H3. The highest BCUT2D eigenvalue weighted by molar-refractivity contribution is 7.91. The van der Waals surface area contributed by atoms with Gasteiger partial charge in [-0.1, -0.05) is 42.0 Å². The molecule has 1 amide bonds. The molecule has 172 valence electrons. The number of aryl methyl sites for hydroxylation is 1. The van der Waals surface area contributed by atoms with E-state index < -0.39 is 9.84 Å². The predicted molar refractivity (Wildman–Crippen MR) is 133 cm³/mol. The zero-order valence-electron chi connectivity index (χ0n) is 18.5.